The molecule has 124 valence electrons. The second-order valence-electron chi connectivity index (χ2n) is 6.09. The molecule has 22 heavy (non-hydrogen) atoms. The second kappa shape index (κ2) is 9.41. The van der Waals surface area contributed by atoms with Crippen LogP contribution < -0.4 is 16.0 Å². The van der Waals surface area contributed by atoms with Crippen LogP contribution in [0.3, 0.4) is 0 Å². The van der Waals surface area contributed by atoms with E-state index in [0.717, 1.165) is 25.1 Å². The van der Waals surface area contributed by atoms with E-state index in [9.17, 15) is 9.59 Å². The quantitative estimate of drug-likeness (QED) is 0.598. The van der Waals surface area contributed by atoms with Crippen LogP contribution in [0.15, 0.2) is 23.9 Å². The molecule has 5 heteroatoms. The van der Waals surface area contributed by atoms with Crippen molar-refractivity contribution in [2.45, 2.75) is 46.1 Å². The lowest BCUT2D eigenvalue weighted by atomic mass is 9.86. The van der Waals surface area contributed by atoms with Crippen molar-refractivity contribution >= 4 is 11.8 Å². The Morgan fingerprint density at radius 1 is 1.27 bits per heavy atom. The van der Waals surface area contributed by atoms with Gasteiger partial charge >= 0.3 is 0 Å². The Morgan fingerprint density at radius 2 is 2.00 bits per heavy atom. The van der Waals surface area contributed by atoms with Gasteiger partial charge in [-0.2, -0.15) is 0 Å². The number of rotatable bonds is 8. The highest BCUT2D eigenvalue weighted by atomic mass is 16.2. The van der Waals surface area contributed by atoms with E-state index in [4.69, 9.17) is 0 Å². The minimum atomic E-state index is -0.230. The monoisotopic (exact) mass is 307 g/mol. The zero-order chi connectivity index (χ0) is 16.5. The standard InChI is InChI=1S/C17H29N3O2/c1-12(2)19-17(22)14-8-7-9-15(13(14)3)20-16(21)10-5-6-11-18-4/h7-9,12-14,18H,5-6,10-11H2,1-4H3,(H,19,22)(H,20,21)/t13-,14?/m0/s1. The van der Waals surface area contributed by atoms with Crippen LogP contribution in [0.1, 0.15) is 40.0 Å². The molecular weight excluding hydrogens is 278 g/mol. The summed E-state index contributed by atoms with van der Waals surface area (Å²) in [4.78, 5) is 24.2. The number of carbonyl (C=O) groups is 2. The SMILES string of the molecule is CNCCCCC(=O)NC1=CC=CC(C(=O)NC(C)C)[C@@H]1C. The zero-order valence-corrected chi connectivity index (χ0v) is 14.1. The average molecular weight is 307 g/mol. The van der Waals surface area contributed by atoms with Crippen LogP contribution in [0.25, 0.3) is 0 Å². The van der Waals surface area contributed by atoms with E-state index in [1.54, 1.807) is 0 Å². The van der Waals surface area contributed by atoms with Gasteiger partial charge in [0.1, 0.15) is 0 Å². The number of amides is 2. The smallest absolute Gasteiger partial charge is 0.227 e. The van der Waals surface area contributed by atoms with Gasteiger partial charge in [-0.3, -0.25) is 9.59 Å². The van der Waals surface area contributed by atoms with Crippen molar-refractivity contribution in [1.29, 1.82) is 0 Å². The molecule has 0 spiro atoms. The van der Waals surface area contributed by atoms with Gasteiger partial charge in [-0.15, -0.1) is 0 Å². The third-order valence-corrected chi connectivity index (χ3v) is 3.72. The van der Waals surface area contributed by atoms with Crippen LogP contribution in [-0.2, 0) is 9.59 Å². The maximum atomic E-state index is 12.2. The van der Waals surface area contributed by atoms with Gasteiger partial charge in [0.25, 0.3) is 0 Å². The maximum Gasteiger partial charge on any atom is 0.227 e. The lowest BCUT2D eigenvalue weighted by molar-refractivity contribution is -0.125. The van der Waals surface area contributed by atoms with Gasteiger partial charge in [-0.25, -0.2) is 0 Å². The number of hydrogen-bond donors (Lipinski definition) is 3. The molecule has 1 aliphatic carbocycles. The topological polar surface area (TPSA) is 70.2 Å². The number of hydrogen-bond acceptors (Lipinski definition) is 3. The highest BCUT2D eigenvalue weighted by Crippen LogP contribution is 2.24. The fourth-order valence-electron chi connectivity index (χ4n) is 2.45. The molecule has 0 aromatic carbocycles. The third-order valence-electron chi connectivity index (χ3n) is 3.72. The third kappa shape index (κ3) is 6.02. The van der Waals surface area contributed by atoms with Crippen LogP contribution in [0, 0.1) is 11.8 Å². The minimum Gasteiger partial charge on any atom is -0.353 e. The molecule has 0 bridgehead atoms. The molecule has 1 aliphatic rings. The summed E-state index contributed by atoms with van der Waals surface area (Å²) >= 11 is 0. The molecule has 3 N–H and O–H groups in total. The molecule has 0 saturated carbocycles. The van der Waals surface area contributed by atoms with Crippen molar-refractivity contribution in [2.75, 3.05) is 13.6 Å². The van der Waals surface area contributed by atoms with Gasteiger partial charge in [0.2, 0.25) is 11.8 Å². The lowest BCUT2D eigenvalue weighted by Crippen LogP contribution is -2.40. The Balaban J connectivity index is 2.50. The second-order valence-corrected chi connectivity index (χ2v) is 6.09. The van der Waals surface area contributed by atoms with Gasteiger partial charge in [0.15, 0.2) is 0 Å². The van der Waals surface area contributed by atoms with Crippen molar-refractivity contribution in [3.63, 3.8) is 0 Å². The van der Waals surface area contributed by atoms with Crippen LogP contribution in [0.5, 0.6) is 0 Å². The number of carbonyl (C=O) groups excluding carboxylic acids is 2. The summed E-state index contributed by atoms with van der Waals surface area (Å²) in [5, 5.41) is 8.95. The van der Waals surface area contributed by atoms with E-state index >= 15 is 0 Å². The predicted octanol–water partition coefficient (Wildman–Crippen LogP) is 1.72. The minimum absolute atomic E-state index is 0.00705. The molecule has 0 aromatic heterocycles. The molecule has 1 unspecified atom stereocenters. The molecule has 0 aromatic rings. The molecule has 1 rings (SSSR count). The van der Waals surface area contributed by atoms with Gasteiger partial charge < -0.3 is 16.0 Å². The van der Waals surface area contributed by atoms with Crippen molar-refractivity contribution in [1.82, 2.24) is 16.0 Å². The van der Waals surface area contributed by atoms with Crippen molar-refractivity contribution in [3.8, 4) is 0 Å². The Bertz CT molecular complexity index is 441. The fraction of sp³-hybridized carbons (Fsp3) is 0.647. The van der Waals surface area contributed by atoms with Crippen LogP contribution in [0.2, 0.25) is 0 Å². The first-order valence-corrected chi connectivity index (χ1v) is 8.09. The number of allylic oxidation sites excluding steroid dienone is 3. The van der Waals surface area contributed by atoms with E-state index in [2.05, 4.69) is 16.0 Å². The number of unbranched alkanes of at least 4 members (excludes halogenated alkanes) is 1. The Morgan fingerprint density at radius 3 is 2.64 bits per heavy atom. The maximum absolute atomic E-state index is 12.2. The Hall–Kier alpha value is -1.62. The van der Waals surface area contributed by atoms with Crippen molar-refractivity contribution in [2.24, 2.45) is 11.8 Å². The van der Waals surface area contributed by atoms with Crippen LogP contribution in [0.4, 0.5) is 0 Å². The normalized spacial score (nSPS) is 20.7. The molecule has 0 heterocycles. The molecule has 0 saturated heterocycles. The first-order valence-electron chi connectivity index (χ1n) is 8.09. The molecule has 0 radical (unpaired) electrons. The van der Waals surface area contributed by atoms with E-state index in [1.807, 2.05) is 46.0 Å². The zero-order valence-electron chi connectivity index (χ0n) is 14.1. The summed E-state index contributed by atoms with van der Waals surface area (Å²) in [6.45, 7) is 6.78. The van der Waals surface area contributed by atoms with Crippen molar-refractivity contribution in [3.05, 3.63) is 23.9 Å². The van der Waals surface area contributed by atoms with Crippen LogP contribution >= 0.6 is 0 Å². The highest BCUT2D eigenvalue weighted by Gasteiger charge is 2.28. The first-order chi connectivity index (χ1) is 10.5. The summed E-state index contributed by atoms with van der Waals surface area (Å²) < 4.78 is 0. The molecule has 0 aliphatic heterocycles. The summed E-state index contributed by atoms with van der Waals surface area (Å²) in [5.41, 5.74) is 0.824. The van der Waals surface area contributed by atoms with E-state index in [0.29, 0.717) is 6.42 Å². The van der Waals surface area contributed by atoms with E-state index in [-0.39, 0.29) is 29.7 Å². The average Bonchev–Trinajstić information content (AvgIpc) is 2.45. The molecule has 2 amide bonds. The largest absolute Gasteiger partial charge is 0.353 e. The van der Waals surface area contributed by atoms with Gasteiger partial charge in [0.05, 0.1) is 5.92 Å². The number of nitrogens with one attached hydrogen (secondary N) is 3. The van der Waals surface area contributed by atoms with Gasteiger partial charge in [-0.05, 0) is 46.4 Å². The molecular formula is C17H29N3O2. The Kier molecular flexibility index (Phi) is 7.88. The van der Waals surface area contributed by atoms with Gasteiger partial charge in [0, 0.05) is 24.1 Å². The molecule has 2 atom stereocenters. The first kappa shape index (κ1) is 18.4. The molecule has 5 nitrogen and oxygen atoms in total. The summed E-state index contributed by atoms with van der Waals surface area (Å²) in [6, 6.07) is 0.115. The molecule has 0 fully saturated rings. The Labute approximate surface area is 133 Å². The lowest BCUT2D eigenvalue weighted by Gasteiger charge is -2.26. The summed E-state index contributed by atoms with van der Waals surface area (Å²) in [6.07, 6.45) is 7.99. The van der Waals surface area contributed by atoms with E-state index < -0.39 is 0 Å². The van der Waals surface area contributed by atoms with Gasteiger partial charge in [-0.1, -0.05) is 19.1 Å². The van der Waals surface area contributed by atoms with E-state index in [1.165, 1.54) is 0 Å². The van der Waals surface area contributed by atoms with Crippen molar-refractivity contribution < 1.29 is 9.59 Å². The van der Waals surface area contributed by atoms with Crippen LogP contribution in [-0.4, -0.2) is 31.4 Å². The predicted molar refractivity (Wildman–Crippen MR) is 89.1 cm³/mol. The highest BCUT2D eigenvalue weighted by molar-refractivity contribution is 5.83. The summed E-state index contributed by atoms with van der Waals surface area (Å²) in [5.74, 6) is -0.225. The fourth-order valence-corrected chi connectivity index (χ4v) is 2.45. The summed E-state index contributed by atoms with van der Waals surface area (Å²) in [7, 11) is 1.91.